The number of rotatable bonds is 46. The van der Waals surface area contributed by atoms with Crippen molar-refractivity contribution in [3.63, 3.8) is 0 Å². The van der Waals surface area contributed by atoms with Crippen molar-refractivity contribution in [2.45, 2.75) is 245 Å². The summed E-state index contributed by atoms with van der Waals surface area (Å²) in [5, 5.41) is 0. The number of carbonyl (C=O) groups is 3. The van der Waals surface area contributed by atoms with Crippen LogP contribution in [0.5, 0.6) is 0 Å². The predicted molar refractivity (Wildman–Crippen MR) is 270 cm³/mol. The Kier molecular flexibility index (Phi) is 48.5. The van der Waals surface area contributed by atoms with Crippen molar-refractivity contribution >= 4 is 17.9 Å². The molecule has 0 aliphatic rings. The summed E-state index contributed by atoms with van der Waals surface area (Å²) in [6.45, 7) is 6.42. The van der Waals surface area contributed by atoms with Crippen LogP contribution in [0.15, 0.2) is 85.1 Å². The van der Waals surface area contributed by atoms with E-state index in [0.29, 0.717) is 19.3 Å². The summed E-state index contributed by atoms with van der Waals surface area (Å²) in [7, 11) is 0. The topological polar surface area (TPSA) is 78.9 Å². The van der Waals surface area contributed by atoms with Crippen molar-refractivity contribution in [2.24, 2.45) is 0 Å². The van der Waals surface area contributed by atoms with Crippen LogP contribution in [0.4, 0.5) is 0 Å². The largest absolute Gasteiger partial charge is 0.462 e. The van der Waals surface area contributed by atoms with Crippen LogP contribution in [-0.4, -0.2) is 37.2 Å². The van der Waals surface area contributed by atoms with Gasteiger partial charge < -0.3 is 14.2 Å². The molecule has 1 unspecified atom stereocenters. The summed E-state index contributed by atoms with van der Waals surface area (Å²) in [4.78, 5) is 38.0. The molecule has 6 heteroatoms. The molecule has 0 amide bonds. The van der Waals surface area contributed by atoms with Gasteiger partial charge in [-0.25, -0.2) is 0 Å². The molecule has 0 rings (SSSR count). The van der Waals surface area contributed by atoms with Crippen LogP contribution < -0.4 is 0 Å². The molecule has 0 aromatic heterocycles. The van der Waals surface area contributed by atoms with Crippen molar-refractivity contribution in [1.29, 1.82) is 0 Å². The van der Waals surface area contributed by atoms with E-state index in [0.717, 1.165) is 96.3 Å². The molecule has 0 fully saturated rings. The minimum atomic E-state index is -0.807. The summed E-state index contributed by atoms with van der Waals surface area (Å²) in [5.74, 6) is -0.979. The van der Waals surface area contributed by atoms with Crippen LogP contribution >= 0.6 is 0 Å². The highest BCUT2D eigenvalue weighted by Gasteiger charge is 2.19. The molecular formula is C57H96O6. The van der Waals surface area contributed by atoms with E-state index in [4.69, 9.17) is 14.2 Å². The van der Waals surface area contributed by atoms with Crippen LogP contribution in [0, 0.1) is 0 Å². The van der Waals surface area contributed by atoms with Crippen LogP contribution in [0.2, 0.25) is 0 Å². The maximum atomic E-state index is 12.8. The molecule has 0 saturated heterocycles. The summed E-state index contributed by atoms with van der Waals surface area (Å²) in [5.41, 5.74) is 0. The molecule has 1 atom stereocenters. The SMILES string of the molecule is CC/C=C/C=C/C=C/C=C/CCCCCC(=O)OCC(COC(=O)CCCCC/C=C/C=C/CCCCCCCCC)OC(=O)CCCCCCC/C=C/CCCCCCCCC. The van der Waals surface area contributed by atoms with Crippen LogP contribution in [-0.2, 0) is 28.6 Å². The number of esters is 3. The average Bonchev–Trinajstić information content (AvgIpc) is 3.28. The molecule has 0 aromatic rings. The smallest absolute Gasteiger partial charge is 0.306 e. The standard InChI is InChI=1S/C57H96O6/c1-4-7-10-13-16-19-22-25-27-29-32-35-38-41-44-47-50-56(59)62-53-54(52-61-55(58)49-46-43-40-37-34-31-24-21-18-15-12-9-6-3)63-57(60)51-48-45-42-39-36-33-30-28-26-23-20-17-14-11-8-5-2/h9,12,15,18,21,24,27-32,34-35,54H,4-8,10-11,13-14,16-17,19-20,22-23,25-26,33,36-53H2,1-3H3/b12-9+,18-15+,24-21+,29-27+,30-28+,34-31+,35-32+. The maximum Gasteiger partial charge on any atom is 0.306 e. The van der Waals surface area contributed by atoms with E-state index in [2.05, 4.69) is 69.4 Å². The van der Waals surface area contributed by atoms with E-state index in [9.17, 15) is 14.4 Å². The van der Waals surface area contributed by atoms with E-state index in [1.165, 1.54) is 103 Å². The minimum absolute atomic E-state index is 0.107. The molecule has 0 heterocycles. The average molecular weight is 877 g/mol. The van der Waals surface area contributed by atoms with Crippen molar-refractivity contribution in [3.8, 4) is 0 Å². The molecule has 0 radical (unpaired) electrons. The Hall–Kier alpha value is -3.41. The Balaban J connectivity index is 4.49. The molecule has 0 saturated carbocycles. The number of ether oxygens (including phenoxy) is 3. The zero-order valence-corrected chi connectivity index (χ0v) is 41.1. The summed E-state index contributed by atoms with van der Waals surface area (Å²) in [6.07, 6.45) is 65.7. The first-order chi connectivity index (χ1) is 31.0. The molecule has 0 bridgehead atoms. The van der Waals surface area contributed by atoms with Crippen LogP contribution in [0.1, 0.15) is 239 Å². The first-order valence-corrected chi connectivity index (χ1v) is 26.2. The quantitative estimate of drug-likeness (QED) is 0.0199. The van der Waals surface area contributed by atoms with Crippen molar-refractivity contribution in [3.05, 3.63) is 85.1 Å². The van der Waals surface area contributed by atoms with Gasteiger partial charge in [-0.1, -0.05) is 215 Å². The number of allylic oxidation sites excluding steroid dienone is 14. The maximum absolute atomic E-state index is 12.8. The van der Waals surface area contributed by atoms with Gasteiger partial charge in [0.1, 0.15) is 13.2 Å². The molecule has 6 nitrogen and oxygen atoms in total. The fourth-order valence-electron chi connectivity index (χ4n) is 7.03. The van der Waals surface area contributed by atoms with E-state index < -0.39 is 6.10 Å². The summed E-state index contributed by atoms with van der Waals surface area (Å²) < 4.78 is 16.7. The highest BCUT2D eigenvalue weighted by Crippen LogP contribution is 2.13. The van der Waals surface area contributed by atoms with Gasteiger partial charge in [0.15, 0.2) is 6.10 Å². The Labute approximate surface area is 388 Å². The van der Waals surface area contributed by atoms with E-state index in [-0.39, 0.29) is 31.1 Å². The van der Waals surface area contributed by atoms with Gasteiger partial charge in [0.25, 0.3) is 0 Å². The fraction of sp³-hybridized carbons (Fsp3) is 0.702. The second kappa shape index (κ2) is 51.2. The lowest BCUT2D eigenvalue weighted by Crippen LogP contribution is -2.30. The normalized spacial score (nSPS) is 12.7. The molecular weight excluding hydrogens is 781 g/mol. The van der Waals surface area contributed by atoms with Gasteiger partial charge in [0.2, 0.25) is 0 Å². The molecule has 0 N–H and O–H groups in total. The summed E-state index contributed by atoms with van der Waals surface area (Å²) >= 11 is 0. The Bertz CT molecular complexity index is 1240. The van der Waals surface area contributed by atoms with E-state index >= 15 is 0 Å². The third kappa shape index (κ3) is 49.5. The Morgan fingerprint density at radius 2 is 0.635 bits per heavy atom. The van der Waals surface area contributed by atoms with Gasteiger partial charge in [-0.2, -0.15) is 0 Å². The van der Waals surface area contributed by atoms with Crippen molar-refractivity contribution < 1.29 is 28.6 Å². The zero-order valence-electron chi connectivity index (χ0n) is 41.1. The first kappa shape index (κ1) is 59.6. The van der Waals surface area contributed by atoms with E-state index in [1.54, 1.807) is 0 Å². The lowest BCUT2D eigenvalue weighted by molar-refractivity contribution is -0.167. The molecule has 0 aliphatic carbocycles. The lowest BCUT2D eigenvalue weighted by Gasteiger charge is -2.18. The van der Waals surface area contributed by atoms with Gasteiger partial charge in [0, 0.05) is 19.3 Å². The zero-order chi connectivity index (χ0) is 45.8. The number of unbranched alkanes of at least 4 members (excludes halogenated alkanes) is 25. The number of hydrogen-bond acceptors (Lipinski definition) is 6. The van der Waals surface area contributed by atoms with Crippen molar-refractivity contribution in [2.75, 3.05) is 13.2 Å². The molecule has 0 spiro atoms. The Morgan fingerprint density at radius 3 is 1.05 bits per heavy atom. The van der Waals surface area contributed by atoms with Crippen molar-refractivity contribution in [1.82, 2.24) is 0 Å². The van der Waals surface area contributed by atoms with Crippen LogP contribution in [0.25, 0.3) is 0 Å². The highest BCUT2D eigenvalue weighted by atomic mass is 16.6. The van der Waals surface area contributed by atoms with Gasteiger partial charge in [-0.3, -0.25) is 14.4 Å². The first-order valence-electron chi connectivity index (χ1n) is 26.2. The monoisotopic (exact) mass is 877 g/mol. The minimum Gasteiger partial charge on any atom is -0.462 e. The van der Waals surface area contributed by atoms with Crippen LogP contribution in [0.3, 0.4) is 0 Å². The summed E-state index contributed by atoms with van der Waals surface area (Å²) in [6, 6.07) is 0. The van der Waals surface area contributed by atoms with Gasteiger partial charge in [-0.15, -0.1) is 0 Å². The van der Waals surface area contributed by atoms with Gasteiger partial charge in [-0.05, 0) is 89.9 Å². The second-order valence-electron chi connectivity index (χ2n) is 17.2. The second-order valence-corrected chi connectivity index (χ2v) is 17.2. The lowest BCUT2D eigenvalue weighted by atomic mass is 10.1. The third-order valence-electron chi connectivity index (χ3n) is 11.0. The molecule has 63 heavy (non-hydrogen) atoms. The van der Waals surface area contributed by atoms with E-state index in [1.807, 2.05) is 36.5 Å². The predicted octanol–water partition coefficient (Wildman–Crippen LogP) is 17.2. The molecule has 0 aliphatic heterocycles. The van der Waals surface area contributed by atoms with Gasteiger partial charge in [0.05, 0.1) is 0 Å². The van der Waals surface area contributed by atoms with Gasteiger partial charge >= 0.3 is 17.9 Å². The number of carbonyl (C=O) groups excluding carboxylic acids is 3. The third-order valence-corrected chi connectivity index (χ3v) is 11.0. The highest BCUT2D eigenvalue weighted by molar-refractivity contribution is 5.71. The fourth-order valence-corrected chi connectivity index (χ4v) is 7.03. The molecule has 0 aromatic carbocycles. The Morgan fingerprint density at radius 1 is 0.333 bits per heavy atom. The number of hydrogen-bond donors (Lipinski definition) is 0. The molecule has 360 valence electrons.